The molecular formula is C15H26O. The van der Waals surface area contributed by atoms with E-state index in [2.05, 4.69) is 19.9 Å². The van der Waals surface area contributed by atoms with E-state index in [1.807, 2.05) is 13.8 Å². The van der Waals surface area contributed by atoms with Gasteiger partial charge in [-0.3, -0.25) is 0 Å². The van der Waals surface area contributed by atoms with Crippen molar-refractivity contribution in [1.29, 1.82) is 0 Å². The lowest BCUT2D eigenvalue weighted by molar-refractivity contribution is -0.0373. The van der Waals surface area contributed by atoms with Crippen molar-refractivity contribution in [2.24, 2.45) is 17.3 Å². The van der Waals surface area contributed by atoms with Gasteiger partial charge in [-0.25, -0.2) is 0 Å². The number of hydrogen-bond acceptors (Lipinski definition) is 1. The first-order valence-corrected chi connectivity index (χ1v) is 6.72. The zero-order valence-corrected chi connectivity index (χ0v) is 11.2. The Balaban J connectivity index is 2.18. The van der Waals surface area contributed by atoms with E-state index < -0.39 is 5.60 Å². The fourth-order valence-electron chi connectivity index (χ4n) is 3.81. The van der Waals surface area contributed by atoms with Gasteiger partial charge in [0.05, 0.1) is 5.60 Å². The quantitative estimate of drug-likeness (QED) is 0.667. The molecule has 1 unspecified atom stereocenters. The van der Waals surface area contributed by atoms with Gasteiger partial charge in [0.1, 0.15) is 0 Å². The number of allylic oxidation sites excluding steroid dienone is 2. The summed E-state index contributed by atoms with van der Waals surface area (Å²) < 4.78 is 0. The number of fused-ring (bicyclic) bond motifs is 1. The molecule has 2 aliphatic carbocycles. The van der Waals surface area contributed by atoms with Crippen molar-refractivity contribution in [3.8, 4) is 0 Å². The molecule has 16 heavy (non-hydrogen) atoms. The third-order valence-corrected chi connectivity index (χ3v) is 5.16. The van der Waals surface area contributed by atoms with Gasteiger partial charge >= 0.3 is 0 Å². The van der Waals surface area contributed by atoms with E-state index in [4.69, 9.17) is 0 Å². The fourth-order valence-corrected chi connectivity index (χ4v) is 3.81. The Morgan fingerprint density at radius 2 is 2.06 bits per heavy atom. The molecule has 3 atom stereocenters. The zero-order valence-electron chi connectivity index (χ0n) is 11.2. The molecule has 1 nitrogen and oxygen atoms in total. The van der Waals surface area contributed by atoms with E-state index in [0.29, 0.717) is 17.3 Å². The van der Waals surface area contributed by atoms with Crippen LogP contribution < -0.4 is 0 Å². The van der Waals surface area contributed by atoms with Gasteiger partial charge in [0.15, 0.2) is 0 Å². The van der Waals surface area contributed by atoms with E-state index in [-0.39, 0.29) is 0 Å². The third-order valence-electron chi connectivity index (χ3n) is 5.16. The van der Waals surface area contributed by atoms with Crippen LogP contribution in [0.5, 0.6) is 0 Å². The first-order chi connectivity index (χ1) is 7.33. The minimum atomic E-state index is -0.501. The van der Waals surface area contributed by atoms with Gasteiger partial charge < -0.3 is 5.11 Å². The second-order valence-corrected chi connectivity index (χ2v) is 6.82. The lowest BCUT2D eigenvalue weighted by Gasteiger charge is -2.49. The smallest absolute Gasteiger partial charge is 0.0620 e. The molecule has 0 aromatic rings. The number of aliphatic hydroxyl groups is 1. The van der Waals surface area contributed by atoms with Crippen molar-refractivity contribution in [1.82, 2.24) is 0 Å². The van der Waals surface area contributed by atoms with E-state index in [1.165, 1.54) is 32.1 Å². The Bertz CT molecular complexity index is 297. The monoisotopic (exact) mass is 222 g/mol. The van der Waals surface area contributed by atoms with Crippen LogP contribution in [0.15, 0.2) is 11.6 Å². The topological polar surface area (TPSA) is 20.2 Å². The molecule has 1 N–H and O–H groups in total. The van der Waals surface area contributed by atoms with Crippen molar-refractivity contribution in [2.75, 3.05) is 0 Å². The highest BCUT2D eigenvalue weighted by molar-refractivity contribution is 5.15. The summed E-state index contributed by atoms with van der Waals surface area (Å²) in [5.41, 5.74) is 1.59. The van der Waals surface area contributed by atoms with Crippen LogP contribution in [0, 0.1) is 17.3 Å². The maximum atomic E-state index is 10.2. The summed E-state index contributed by atoms with van der Waals surface area (Å²) in [6.45, 7) is 8.69. The minimum Gasteiger partial charge on any atom is -0.390 e. The maximum Gasteiger partial charge on any atom is 0.0620 e. The molecule has 1 fully saturated rings. The van der Waals surface area contributed by atoms with Crippen LogP contribution >= 0.6 is 0 Å². The first kappa shape index (κ1) is 12.2. The lowest BCUT2D eigenvalue weighted by Crippen LogP contribution is -2.43. The van der Waals surface area contributed by atoms with Gasteiger partial charge in [0, 0.05) is 0 Å². The molecule has 0 saturated heterocycles. The molecule has 0 aromatic heterocycles. The van der Waals surface area contributed by atoms with Gasteiger partial charge in [-0.1, -0.05) is 18.6 Å². The summed E-state index contributed by atoms with van der Waals surface area (Å²) in [5.74, 6) is 1.19. The Hall–Kier alpha value is -0.300. The Morgan fingerprint density at radius 1 is 1.38 bits per heavy atom. The summed E-state index contributed by atoms with van der Waals surface area (Å²) in [4.78, 5) is 0. The van der Waals surface area contributed by atoms with Crippen molar-refractivity contribution in [3.63, 3.8) is 0 Å². The average molecular weight is 222 g/mol. The van der Waals surface area contributed by atoms with Crippen LogP contribution in [0.25, 0.3) is 0 Å². The standard InChI is InChI=1S/C15H26O/c1-11-6-5-8-15(4)9-7-12(10-13(11)15)14(2,3)16/h6,12-13,16H,5,7-10H2,1-4H3/t12-,13?,15+/m1/s1. The third kappa shape index (κ3) is 2.07. The van der Waals surface area contributed by atoms with E-state index >= 15 is 0 Å². The molecule has 0 amide bonds. The molecule has 2 rings (SSSR count). The van der Waals surface area contributed by atoms with E-state index in [0.717, 1.165) is 0 Å². The SMILES string of the molecule is CC1=CCC[C@@]2(C)CC[C@@H](C(C)(C)O)CC12. The van der Waals surface area contributed by atoms with Gasteiger partial charge in [-0.2, -0.15) is 0 Å². The molecule has 0 aliphatic heterocycles. The first-order valence-electron chi connectivity index (χ1n) is 6.72. The van der Waals surface area contributed by atoms with Gasteiger partial charge in [-0.15, -0.1) is 0 Å². The predicted octanol–water partition coefficient (Wildman–Crippen LogP) is 3.92. The number of rotatable bonds is 1. The summed E-state index contributed by atoms with van der Waals surface area (Å²) in [6, 6.07) is 0. The molecule has 0 aromatic carbocycles. The molecule has 0 spiro atoms. The van der Waals surface area contributed by atoms with Crippen LogP contribution in [-0.2, 0) is 0 Å². The Kier molecular flexibility index (Phi) is 2.94. The van der Waals surface area contributed by atoms with E-state index in [9.17, 15) is 5.11 Å². The van der Waals surface area contributed by atoms with Crippen molar-refractivity contribution >= 4 is 0 Å². The molecule has 1 heteroatoms. The summed E-state index contributed by atoms with van der Waals surface area (Å²) in [7, 11) is 0. The zero-order chi connectivity index (χ0) is 12.0. The maximum absolute atomic E-state index is 10.2. The summed E-state index contributed by atoms with van der Waals surface area (Å²) in [5, 5.41) is 10.2. The van der Waals surface area contributed by atoms with E-state index in [1.54, 1.807) is 5.57 Å². The summed E-state index contributed by atoms with van der Waals surface area (Å²) >= 11 is 0. The summed E-state index contributed by atoms with van der Waals surface area (Å²) in [6.07, 6.45) is 8.68. The second kappa shape index (κ2) is 3.87. The molecular weight excluding hydrogens is 196 g/mol. The molecule has 0 heterocycles. The molecule has 0 radical (unpaired) electrons. The van der Waals surface area contributed by atoms with Crippen molar-refractivity contribution in [3.05, 3.63) is 11.6 Å². The largest absolute Gasteiger partial charge is 0.390 e. The van der Waals surface area contributed by atoms with Crippen LogP contribution in [0.2, 0.25) is 0 Å². The molecule has 92 valence electrons. The highest BCUT2D eigenvalue weighted by atomic mass is 16.3. The lowest BCUT2D eigenvalue weighted by atomic mass is 9.56. The fraction of sp³-hybridized carbons (Fsp3) is 0.867. The molecule has 1 saturated carbocycles. The predicted molar refractivity (Wildman–Crippen MR) is 68.2 cm³/mol. The van der Waals surface area contributed by atoms with Gasteiger partial charge in [0.2, 0.25) is 0 Å². The average Bonchev–Trinajstić information content (AvgIpc) is 2.15. The second-order valence-electron chi connectivity index (χ2n) is 6.82. The highest BCUT2D eigenvalue weighted by Gasteiger charge is 2.44. The van der Waals surface area contributed by atoms with Crippen LogP contribution in [0.3, 0.4) is 0 Å². The van der Waals surface area contributed by atoms with Crippen molar-refractivity contribution in [2.45, 2.75) is 65.4 Å². The molecule has 0 bridgehead atoms. The van der Waals surface area contributed by atoms with Crippen molar-refractivity contribution < 1.29 is 5.11 Å². The normalized spacial score (nSPS) is 40.2. The van der Waals surface area contributed by atoms with Gasteiger partial charge in [0.25, 0.3) is 0 Å². The molecule has 2 aliphatic rings. The van der Waals surface area contributed by atoms with Crippen LogP contribution in [0.4, 0.5) is 0 Å². The Labute approximate surface area is 99.9 Å². The highest BCUT2D eigenvalue weighted by Crippen LogP contribution is 2.53. The van der Waals surface area contributed by atoms with Gasteiger partial charge in [-0.05, 0) is 70.1 Å². The van der Waals surface area contributed by atoms with Crippen LogP contribution in [-0.4, -0.2) is 10.7 Å². The Morgan fingerprint density at radius 3 is 2.69 bits per heavy atom. The minimum absolute atomic E-state index is 0.479. The number of hydrogen-bond donors (Lipinski definition) is 1. The van der Waals surface area contributed by atoms with Crippen LogP contribution in [0.1, 0.15) is 59.8 Å².